The van der Waals surface area contributed by atoms with E-state index in [2.05, 4.69) is 36.3 Å². The Morgan fingerprint density at radius 2 is 1.85 bits per heavy atom. The Morgan fingerprint density at radius 3 is 2.45 bits per heavy atom. The van der Waals surface area contributed by atoms with Crippen LogP contribution in [0.2, 0.25) is 0 Å². The Morgan fingerprint density at radius 1 is 1.15 bits per heavy atom. The summed E-state index contributed by atoms with van der Waals surface area (Å²) in [5.74, 6) is 1.53. The summed E-state index contributed by atoms with van der Waals surface area (Å²) in [6.45, 7) is 9.39. The van der Waals surface area contributed by atoms with Crippen LogP contribution >= 0.6 is 11.3 Å². The fourth-order valence-electron chi connectivity index (χ4n) is 1.75. The zero-order valence-electron chi connectivity index (χ0n) is 12.5. The molecule has 1 aromatic carbocycles. The number of aromatic nitrogens is 1. The van der Waals surface area contributed by atoms with Gasteiger partial charge in [-0.25, -0.2) is 4.98 Å². The molecule has 1 aromatic heterocycles. The second-order valence-electron chi connectivity index (χ2n) is 5.50. The van der Waals surface area contributed by atoms with E-state index in [0.29, 0.717) is 5.92 Å². The molecule has 4 heteroatoms. The molecule has 0 aliphatic heterocycles. The molecule has 2 aromatic rings. The summed E-state index contributed by atoms with van der Waals surface area (Å²) in [6.07, 6.45) is 2.13. The molecule has 0 spiro atoms. The van der Waals surface area contributed by atoms with E-state index in [9.17, 15) is 0 Å². The maximum Gasteiger partial charge on any atom is 0.183 e. The highest BCUT2D eigenvalue weighted by Crippen LogP contribution is 2.30. The van der Waals surface area contributed by atoms with Gasteiger partial charge in [-0.15, -0.1) is 0 Å². The van der Waals surface area contributed by atoms with Crippen LogP contribution in [-0.4, -0.2) is 17.6 Å². The second-order valence-corrected chi connectivity index (χ2v) is 6.53. The summed E-state index contributed by atoms with van der Waals surface area (Å²) in [7, 11) is 0. The van der Waals surface area contributed by atoms with Gasteiger partial charge >= 0.3 is 0 Å². The number of hydrogen-bond donors (Lipinski definition) is 1. The third kappa shape index (κ3) is 4.23. The third-order valence-electron chi connectivity index (χ3n) is 2.68. The normalized spacial score (nSPS) is 11.1. The molecule has 2 rings (SSSR count). The van der Waals surface area contributed by atoms with E-state index in [4.69, 9.17) is 4.74 Å². The van der Waals surface area contributed by atoms with E-state index < -0.39 is 0 Å². The lowest BCUT2D eigenvalue weighted by Crippen LogP contribution is -2.07. The number of nitrogens with zero attached hydrogens (tertiary/aromatic N) is 1. The molecule has 3 nitrogen and oxygen atoms in total. The first-order valence-corrected chi connectivity index (χ1v) is 7.83. The minimum Gasteiger partial charge on any atom is -0.491 e. The Balaban J connectivity index is 2.04. The molecule has 0 fully saturated rings. The second kappa shape index (κ2) is 6.75. The average Bonchev–Trinajstić information content (AvgIpc) is 2.85. The molecule has 108 valence electrons. The lowest BCUT2D eigenvalue weighted by Gasteiger charge is -2.09. The van der Waals surface area contributed by atoms with Crippen LogP contribution < -0.4 is 10.1 Å². The van der Waals surface area contributed by atoms with Crippen molar-refractivity contribution in [3.63, 3.8) is 0 Å². The van der Waals surface area contributed by atoms with Crippen LogP contribution in [0, 0.1) is 5.92 Å². The van der Waals surface area contributed by atoms with Crippen molar-refractivity contribution in [2.45, 2.75) is 33.8 Å². The highest BCUT2D eigenvalue weighted by atomic mass is 32.1. The van der Waals surface area contributed by atoms with Crippen molar-refractivity contribution in [1.82, 2.24) is 4.98 Å². The molecular formula is C16H22N2OS. The molecule has 0 saturated carbocycles. The predicted octanol–water partition coefficient (Wildman–Crippen LogP) is 4.67. The van der Waals surface area contributed by atoms with Gasteiger partial charge in [-0.3, -0.25) is 0 Å². The largest absolute Gasteiger partial charge is 0.491 e. The van der Waals surface area contributed by atoms with Crippen molar-refractivity contribution in [3.05, 3.63) is 30.5 Å². The molecule has 0 aliphatic carbocycles. The van der Waals surface area contributed by atoms with Crippen molar-refractivity contribution < 1.29 is 4.74 Å². The first-order chi connectivity index (χ1) is 9.54. The summed E-state index contributed by atoms with van der Waals surface area (Å²) in [4.78, 5) is 5.58. The van der Waals surface area contributed by atoms with Gasteiger partial charge in [-0.2, -0.15) is 0 Å². The van der Waals surface area contributed by atoms with Crippen molar-refractivity contribution >= 4 is 16.5 Å². The summed E-state index contributed by atoms with van der Waals surface area (Å²) in [5.41, 5.74) is 1.18. The molecule has 0 atom stereocenters. The average molecular weight is 290 g/mol. The zero-order valence-corrected chi connectivity index (χ0v) is 13.3. The van der Waals surface area contributed by atoms with Gasteiger partial charge in [0, 0.05) is 12.7 Å². The molecule has 20 heavy (non-hydrogen) atoms. The number of rotatable bonds is 6. The molecular weight excluding hydrogens is 268 g/mol. The lowest BCUT2D eigenvalue weighted by molar-refractivity contribution is 0.242. The van der Waals surface area contributed by atoms with Crippen molar-refractivity contribution in [1.29, 1.82) is 0 Å². The molecule has 1 N–H and O–H groups in total. The van der Waals surface area contributed by atoms with Crippen molar-refractivity contribution in [2.75, 3.05) is 11.9 Å². The summed E-state index contributed by atoms with van der Waals surface area (Å²) in [6, 6.07) is 8.18. The van der Waals surface area contributed by atoms with Gasteiger partial charge in [0.2, 0.25) is 0 Å². The molecule has 0 bridgehead atoms. The van der Waals surface area contributed by atoms with Crippen molar-refractivity contribution in [3.8, 4) is 16.2 Å². The predicted molar refractivity (Wildman–Crippen MR) is 86.6 cm³/mol. The fourth-order valence-corrected chi connectivity index (χ4v) is 2.58. The third-order valence-corrected chi connectivity index (χ3v) is 3.68. The molecule has 0 aliphatic rings. The summed E-state index contributed by atoms with van der Waals surface area (Å²) >= 11 is 1.68. The number of hydrogen-bond acceptors (Lipinski definition) is 4. The first-order valence-electron chi connectivity index (χ1n) is 7.01. The quantitative estimate of drug-likeness (QED) is 0.839. The smallest absolute Gasteiger partial charge is 0.183 e. The van der Waals surface area contributed by atoms with E-state index in [0.717, 1.165) is 17.4 Å². The van der Waals surface area contributed by atoms with Gasteiger partial charge in [0.25, 0.3) is 0 Å². The maximum atomic E-state index is 5.65. The van der Waals surface area contributed by atoms with E-state index >= 15 is 0 Å². The first kappa shape index (κ1) is 14.9. The Labute approximate surface area is 125 Å². The highest BCUT2D eigenvalue weighted by molar-refractivity contribution is 7.18. The number of anilines is 1. The summed E-state index contributed by atoms with van der Waals surface area (Å²) < 4.78 is 5.65. The van der Waals surface area contributed by atoms with Gasteiger partial charge < -0.3 is 10.1 Å². The van der Waals surface area contributed by atoms with Gasteiger partial charge in [0.15, 0.2) is 5.13 Å². The fraction of sp³-hybridized carbons (Fsp3) is 0.438. The SMILES string of the molecule is CC(C)CNc1ncc(-c2ccc(OC(C)C)cc2)s1. The maximum absolute atomic E-state index is 5.65. The monoisotopic (exact) mass is 290 g/mol. The minimum absolute atomic E-state index is 0.205. The van der Waals surface area contributed by atoms with E-state index in [-0.39, 0.29) is 6.10 Å². The van der Waals surface area contributed by atoms with Gasteiger partial charge in [-0.1, -0.05) is 25.2 Å². The van der Waals surface area contributed by atoms with E-state index in [1.54, 1.807) is 11.3 Å². The summed E-state index contributed by atoms with van der Waals surface area (Å²) in [5, 5.41) is 4.34. The molecule has 0 unspecified atom stereocenters. The van der Waals surface area contributed by atoms with Crippen LogP contribution in [-0.2, 0) is 0 Å². The number of benzene rings is 1. The molecule has 1 heterocycles. The van der Waals surface area contributed by atoms with E-state index in [1.165, 1.54) is 10.4 Å². The standard InChI is InChI=1S/C16H22N2OS/c1-11(2)9-17-16-18-10-15(20-16)13-5-7-14(8-6-13)19-12(3)4/h5-8,10-12H,9H2,1-4H3,(H,17,18). The molecule has 0 radical (unpaired) electrons. The number of nitrogens with one attached hydrogen (secondary N) is 1. The Bertz CT molecular complexity index is 532. The highest BCUT2D eigenvalue weighted by Gasteiger charge is 2.05. The minimum atomic E-state index is 0.205. The molecule has 0 amide bonds. The van der Waals surface area contributed by atoms with Gasteiger partial charge in [0.05, 0.1) is 11.0 Å². The Kier molecular flexibility index (Phi) is 5.01. The number of thiazole rings is 1. The van der Waals surface area contributed by atoms with Crippen LogP contribution in [0.4, 0.5) is 5.13 Å². The van der Waals surface area contributed by atoms with Gasteiger partial charge in [-0.05, 0) is 49.6 Å². The number of ether oxygens (including phenoxy) is 1. The Hall–Kier alpha value is -1.55. The van der Waals surface area contributed by atoms with Crippen LogP contribution in [0.1, 0.15) is 27.7 Å². The van der Waals surface area contributed by atoms with Crippen molar-refractivity contribution in [2.24, 2.45) is 5.92 Å². The lowest BCUT2D eigenvalue weighted by atomic mass is 10.2. The van der Waals surface area contributed by atoms with E-state index in [1.807, 2.05) is 32.2 Å². The topological polar surface area (TPSA) is 34.2 Å². The van der Waals surface area contributed by atoms with Crippen LogP contribution in [0.3, 0.4) is 0 Å². The van der Waals surface area contributed by atoms with Gasteiger partial charge in [0.1, 0.15) is 5.75 Å². The van der Waals surface area contributed by atoms with Crippen LogP contribution in [0.5, 0.6) is 5.75 Å². The zero-order chi connectivity index (χ0) is 14.5. The van der Waals surface area contributed by atoms with Crippen LogP contribution in [0.15, 0.2) is 30.5 Å². The van der Waals surface area contributed by atoms with Crippen LogP contribution in [0.25, 0.3) is 10.4 Å². The molecule has 0 saturated heterocycles.